The predicted octanol–water partition coefficient (Wildman–Crippen LogP) is 8.92. The molecule has 2 aliphatic rings. The fraction of sp³-hybridized carbons (Fsp3) is 0.143. The molecular weight excluding hydrogens is 509 g/mol. The Labute approximate surface area is 230 Å². The topological polar surface area (TPSA) is 18.5 Å². The van der Waals surface area contributed by atoms with Gasteiger partial charge in [-0.15, -0.1) is 0 Å². The van der Waals surface area contributed by atoms with Crippen molar-refractivity contribution in [2.24, 2.45) is 0 Å². The summed E-state index contributed by atoms with van der Waals surface area (Å²) in [4.78, 5) is 0. The number of fused-ring (bicyclic) bond motifs is 8. The lowest BCUT2D eigenvalue weighted by Crippen LogP contribution is -2.35. The summed E-state index contributed by atoms with van der Waals surface area (Å²) in [5.74, 6) is -0.695. The summed E-state index contributed by atoms with van der Waals surface area (Å²) in [6.07, 6.45) is 3.92. The number of benzene rings is 5. The fourth-order valence-electron chi connectivity index (χ4n) is 6.49. The van der Waals surface area contributed by atoms with E-state index in [4.69, 9.17) is 9.47 Å². The second kappa shape index (κ2) is 8.49. The van der Waals surface area contributed by atoms with Crippen molar-refractivity contribution in [2.75, 3.05) is 7.11 Å². The molecule has 1 atom stereocenters. The van der Waals surface area contributed by atoms with Gasteiger partial charge in [0.05, 0.1) is 12.5 Å². The Balaban J connectivity index is 1.59. The summed E-state index contributed by atoms with van der Waals surface area (Å²) in [6.45, 7) is 4.21. The van der Waals surface area contributed by atoms with E-state index in [1.165, 1.54) is 18.2 Å². The first-order valence-corrected chi connectivity index (χ1v) is 13.1. The van der Waals surface area contributed by atoms with Gasteiger partial charge in [-0.2, -0.15) is 0 Å². The minimum atomic E-state index is -1.16. The molecule has 0 aromatic heterocycles. The second-order valence-corrected chi connectivity index (χ2v) is 10.9. The minimum absolute atomic E-state index is 0.210. The predicted molar refractivity (Wildman–Crippen MR) is 151 cm³/mol. The standard InChI is InChI=1S/C35H25F3O2/c1-34(2)28-19-24(39-3)13-14-25(28)30-27-17-23(37)18-29(38)31(27)33-26(32(30)34)15-16-35(40-33,20-7-5-4-6-8-20)21-9-11-22(36)12-10-21/h4-19H,1-3H3. The van der Waals surface area contributed by atoms with E-state index in [-0.39, 0.29) is 11.2 Å². The van der Waals surface area contributed by atoms with Crippen LogP contribution in [0.4, 0.5) is 13.2 Å². The summed E-state index contributed by atoms with van der Waals surface area (Å²) < 4.78 is 57.2. The van der Waals surface area contributed by atoms with Crippen molar-refractivity contribution < 1.29 is 22.6 Å². The van der Waals surface area contributed by atoms with E-state index in [2.05, 4.69) is 13.8 Å². The van der Waals surface area contributed by atoms with Crippen LogP contribution in [0.5, 0.6) is 11.5 Å². The molecule has 5 heteroatoms. The maximum absolute atomic E-state index is 15.9. The Morgan fingerprint density at radius 2 is 1.50 bits per heavy atom. The van der Waals surface area contributed by atoms with Crippen molar-refractivity contribution >= 4 is 16.8 Å². The van der Waals surface area contributed by atoms with E-state index in [9.17, 15) is 8.78 Å². The van der Waals surface area contributed by atoms with Crippen molar-refractivity contribution in [1.82, 2.24) is 0 Å². The van der Waals surface area contributed by atoms with Crippen LogP contribution in [-0.2, 0) is 11.0 Å². The minimum Gasteiger partial charge on any atom is -0.497 e. The summed E-state index contributed by atoms with van der Waals surface area (Å²) in [5.41, 5.74) is 4.18. The molecule has 1 aliphatic carbocycles. The molecule has 40 heavy (non-hydrogen) atoms. The first-order valence-electron chi connectivity index (χ1n) is 13.1. The maximum Gasteiger partial charge on any atom is 0.178 e. The number of hydrogen-bond acceptors (Lipinski definition) is 2. The summed E-state index contributed by atoms with van der Waals surface area (Å²) >= 11 is 0. The van der Waals surface area contributed by atoms with E-state index < -0.39 is 22.7 Å². The summed E-state index contributed by atoms with van der Waals surface area (Å²) in [7, 11) is 1.62. The average molecular weight is 535 g/mol. The number of rotatable bonds is 3. The molecular formula is C35H25F3O2. The monoisotopic (exact) mass is 534 g/mol. The van der Waals surface area contributed by atoms with Crippen LogP contribution in [0.25, 0.3) is 28.0 Å². The van der Waals surface area contributed by atoms with Crippen molar-refractivity contribution in [3.8, 4) is 22.6 Å². The fourth-order valence-corrected chi connectivity index (χ4v) is 6.49. The number of methoxy groups -OCH3 is 1. The smallest absolute Gasteiger partial charge is 0.178 e. The van der Waals surface area contributed by atoms with E-state index in [1.54, 1.807) is 19.2 Å². The first kappa shape index (κ1) is 24.5. The van der Waals surface area contributed by atoms with Gasteiger partial charge in [0.15, 0.2) is 5.60 Å². The lowest BCUT2D eigenvalue weighted by molar-refractivity contribution is 0.163. The zero-order valence-corrected chi connectivity index (χ0v) is 22.2. The molecule has 0 radical (unpaired) electrons. The van der Waals surface area contributed by atoms with Gasteiger partial charge < -0.3 is 9.47 Å². The van der Waals surface area contributed by atoms with E-state index >= 15 is 4.39 Å². The van der Waals surface area contributed by atoms with Crippen molar-refractivity contribution in [2.45, 2.75) is 24.9 Å². The zero-order valence-electron chi connectivity index (χ0n) is 22.2. The Hall–Kier alpha value is -4.51. The van der Waals surface area contributed by atoms with Gasteiger partial charge in [0.25, 0.3) is 0 Å². The van der Waals surface area contributed by atoms with E-state index in [0.29, 0.717) is 22.4 Å². The van der Waals surface area contributed by atoms with Crippen LogP contribution < -0.4 is 9.47 Å². The Morgan fingerprint density at radius 3 is 2.23 bits per heavy atom. The third-order valence-corrected chi connectivity index (χ3v) is 8.33. The van der Waals surface area contributed by atoms with E-state index in [0.717, 1.165) is 39.4 Å². The molecule has 5 aromatic rings. The van der Waals surface area contributed by atoms with Gasteiger partial charge in [-0.3, -0.25) is 0 Å². The van der Waals surface area contributed by atoms with Gasteiger partial charge in [0.1, 0.15) is 29.0 Å². The van der Waals surface area contributed by atoms with Crippen LogP contribution in [-0.4, -0.2) is 7.11 Å². The van der Waals surface area contributed by atoms with Crippen molar-refractivity contribution in [1.29, 1.82) is 0 Å². The molecule has 2 nitrogen and oxygen atoms in total. The van der Waals surface area contributed by atoms with Crippen LogP contribution in [0.1, 0.15) is 41.7 Å². The van der Waals surface area contributed by atoms with Crippen LogP contribution in [0, 0.1) is 17.5 Å². The molecule has 0 fully saturated rings. The largest absolute Gasteiger partial charge is 0.497 e. The van der Waals surface area contributed by atoms with Crippen molar-refractivity contribution in [3.63, 3.8) is 0 Å². The van der Waals surface area contributed by atoms with Gasteiger partial charge in [-0.05, 0) is 64.0 Å². The molecule has 0 N–H and O–H groups in total. The third-order valence-electron chi connectivity index (χ3n) is 8.33. The van der Waals surface area contributed by atoms with Gasteiger partial charge in [0, 0.05) is 28.2 Å². The van der Waals surface area contributed by atoms with Gasteiger partial charge in [-0.25, -0.2) is 13.2 Å². The molecule has 0 saturated carbocycles. The van der Waals surface area contributed by atoms with Gasteiger partial charge in [0.2, 0.25) is 0 Å². The van der Waals surface area contributed by atoms with Crippen LogP contribution in [0.3, 0.4) is 0 Å². The Kier molecular flexibility index (Phi) is 5.21. The van der Waals surface area contributed by atoms with E-state index in [1.807, 2.05) is 60.7 Å². The lowest BCUT2D eigenvalue weighted by Gasteiger charge is -2.38. The van der Waals surface area contributed by atoms with Gasteiger partial charge in [-0.1, -0.05) is 68.5 Å². The lowest BCUT2D eigenvalue weighted by atomic mass is 9.76. The highest BCUT2D eigenvalue weighted by atomic mass is 19.1. The molecule has 0 bridgehead atoms. The number of ether oxygens (including phenoxy) is 2. The second-order valence-electron chi connectivity index (χ2n) is 10.9. The van der Waals surface area contributed by atoms with Crippen LogP contribution >= 0.6 is 0 Å². The molecule has 1 heterocycles. The summed E-state index contributed by atoms with van der Waals surface area (Å²) in [5, 5.41) is 0.654. The highest BCUT2D eigenvalue weighted by molar-refractivity contribution is 6.08. The van der Waals surface area contributed by atoms with Gasteiger partial charge >= 0.3 is 0 Å². The maximum atomic E-state index is 15.9. The highest BCUT2D eigenvalue weighted by Gasteiger charge is 2.45. The SMILES string of the molecule is COc1ccc2c(c1)C(C)(C)c1c3c(c4c(F)cc(F)cc4c1-2)OC(c1ccccc1)(c1ccc(F)cc1)C=C3. The molecule has 5 aromatic carbocycles. The molecule has 0 amide bonds. The quantitative estimate of drug-likeness (QED) is 0.230. The van der Waals surface area contributed by atoms with Crippen molar-refractivity contribution in [3.05, 3.63) is 136 Å². The Morgan fingerprint density at radius 1 is 0.775 bits per heavy atom. The molecule has 0 spiro atoms. The molecule has 198 valence electrons. The molecule has 0 saturated heterocycles. The molecule has 1 unspecified atom stereocenters. The number of halogens is 3. The molecule has 7 rings (SSSR count). The number of hydrogen-bond donors (Lipinski definition) is 0. The highest BCUT2D eigenvalue weighted by Crippen LogP contribution is 2.58. The normalized spacial score (nSPS) is 18.1. The Bertz CT molecular complexity index is 1860. The van der Waals surface area contributed by atoms with Crippen LogP contribution in [0.2, 0.25) is 0 Å². The summed E-state index contributed by atoms with van der Waals surface area (Å²) in [6, 6.07) is 23.8. The average Bonchev–Trinajstić information content (AvgIpc) is 3.20. The van der Waals surface area contributed by atoms with Crippen LogP contribution in [0.15, 0.2) is 91.0 Å². The third kappa shape index (κ3) is 3.30. The first-order chi connectivity index (χ1) is 19.2. The zero-order chi connectivity index (χ0) is 27.8. The molecule has 1 aliphatic heterocycles.